The van der Waals surface area contributed by atoms with Crippen LogP contribution >= 0.6 is 0 Å². The Morgan fingerprint density at radius 3 is 1.38 bits per heavy atom. The number of rotatable bonds is 48. The summed E-state index contributed by atoms with van der Waals surface area (Å²) >= 11 is 0. The van der Waals surface area contributed by atoms with Gasteiger partial charge in [-0.25, -0.2) is 4.18 Å². The molecule has 12 nitrogen and oxygen atoms in total. The van der Waals surface area contributed by atoms with Crippen LogP contribution in [0.25, 0.3) is 0 Å². The summed E-state index contributed by atoms with van der Waals surface area (Å²) in [5.74, 6) is -0.394. The van der Waals surface area contributed by atoms with E-state index in [2.05, 4.69) is 30.2 Å². The Labute approximate surface area is 398 Å². The van der Waals surface area contributed by atoms with Crippen LogP contribution in [0.1, 0.15) is 251 Å². The Kier molecular flexibility index (Phi) is 41.9. The van der Waals surface area contributed by atoms with Gasteiger partial charge in [0.05, 0.1) is 19.8 Å². The van der Waals surface area contributed by atoms with Crippen LogP contribution in [0.2, 0.25) is 0 Å². The molecule has 1 rings (SSSR count). The van der Waals surface area contributed by atoms with Gasteiger partial charge in [-0.1, -0.05) is 219 Å². The minimum atomic E-state index is -5.06. The summed E-state index contributed by atoms with van der Waals surface area (Å²) < 4.78 is 59.3. The van der Waals surface area contributed by atoms with Crippen LogP contribution in [0, 0.1) is 0 Å². The Balaban J connectivity index is 2.29. The zero-order valence-electron chi connectivity index (χ0n) is 41.6. The number of aliphatic hydroxyl groups is 3. The standard InChI is InChI=1S/C52H100O12S/c1-3-5-7-9-11-13-15-17-19-20-21-22-23-24-25-26-27-28-30-32-34-36-38-40-42-60-44-46(45-61-52-50(56)51(64-65(57,58)59)49(55)47(43-53)63-52)62-48(54)41-39-37-35-33-31-29-18-16-14-12-10-8-6-4-2/h20-21,46-47,49-53,55-56H,3-19,22-45H2,1-2H3,(H,57,58,59)/b21-20-. The molecule has 65 heavy (non-hydrogen) atoms. The van der Waals surface area contributed by atoms with Crippen LogP contribution in [0.4, 0.5) is 0 Å². The average Bonchev–Trinajstić information content (AvgIpc) is 3.28. The van der Waals surface area contributed by atoms with Crippen molar-refractivity contribution in [3.8, 4) is 0 Å². The second-order valence-electron chi connectivity index (χ2n) is 18.8. The van der Waals surface area contributed by atoms with Crippen LogP contribution in [-0.2, 0) is 38.3 Å². The van der Waals surface area contributed by atoms with Crippen LogP contribution in [0.3, 0.4) is 0 Å². The van der Waals surface area contributed by atoms with E-state index < -0.39 is 59.8 Å². The van der Waals surface area contributed by atoms with Gasteiger partial charge in [0.2, 0.25) is 0 Å². The lowest BCUT2D eigenvalue weighted by atomic mass is 9.99. The topological polar surface area (TPSA) is 178 Å². The van der Waals surface area contributed by atoms with Gasteiger partial charge in [-0.2, -0.15) is 8.42 Å². The van der Waals surface area contributed by atoms with Gasteiger partial charge in [0, 0.05) is 13.0 Å². The van der Waals surface area contributed by atoms with Gasteiger partial charge in [0.25, 0.3) is 0 Å². The predicted molar refractivity (Wildman–Crippen MR) is 262 cm³/mol. The minimum Gasteiger partial charge on any atom is -0.457 e. The summed E-state index contributed by atoms with van der Waals surface area (Å²) in [6, 6.07) is 0. The van der Waals surface area contributed by atoms with E-state index in [1.807, 2.05) is 0 Å². The number of aliphatic hydroxyl groups excluding tert-OH is 3. The molecule has 0 saturated carbocycles. The van der Waals surface area contributed by atoms with Crippen molar-refractivity contribution in [1.29, 1.82) is 0 Å². The van der Waals surface area contributed by atoms with Crippen molar-refractivity contribution in [3.63, 3.8) is 0 Å². The lowest BCUT2D eigenvalue weighted by molar-refractivity contribution is -0.301. The normalized spacial score (nSPS) is 19.6. The maximum atomic E-state index is 12.9. The number of esters is 1. The highest BCUT2D eigenvalue weighted by Crippen LogP contribution is 2.26. The van der Waals surface area contributed by atoms with E-state index >= 15 is 0 Å². The van der Waals surface area contributed by atoms with Crippen molar-refractivity contribution in [2.75, 3.05) is 26.4 Å². The minimum absolute atomic E-state index is 0.0420. The number of unbranched alkanes of at least 4 members (excludes halogenated alkanes) is 33. The molecule has 0 aliphatic carbocycles. The lowest BCUT2D eigenvalue weighted by Crippen LogP contribution is -2.60. The Morgan fingerprint density at radius 2 is 0.969 bits per heavy atom. The SMILES string of the molecule is CCCCCCCCCC/C=C\CCCCCCCCCCCCCCOCC(COC1OC(CO)C(O)C(OS(=O)(=O)O)C1O)OC(=O)CCCCCCCCCCCCCCCC. The zero-order chi connectivity index (χ0) is 47.5. The second kappa shape index (κ2) is 44.1. The van der Waals surface area contributed by atoms with Crippen molar-refractivity contribution in [3.05, 3.63) is 12.2 Å². The first-order chi connectivity index (χ1) is 31.6. The van der Waals surface area contributed by atoms with Gasteiger partial charge in [0.15, 0.2) is 6.29 Å². The molecule has 13 heteroatoms. The number of hydrogen-bond acceptors (Lipinski definition) is 11. The summed E-state index contributed by atoms with van der Waals surface area (Å²) in [5.41, 5.74) is 0. The van der Waals surface area contributed by atoms with E-state index in [9.17, 15) is 33.1 Å². The van der Waals surface area contributed by atoms with Crippen molar-refractivity contribution in [2.45, 2.75) is 288 Å². The molecule has 6 atom stereocenters. The first-order valence-electron chi connectivity index (χ1n) is 26.9. The molecule has 0 amide bonds. The van der Waals surface area contributed by atoms with E-state index in [-0.39, 0.29) is 19.6 Å². The van der Waals surface area contributed by atoms with Crippen molar-refractivity contribution in [1.82, 2.24) is 0 Å². The number of hydrogen-bond donors (Lipinski definition) is 4. The first kappa shape index (κ1) is 61.9. The van der Waals surface area contributed by atoms with Gasteiger partial charge in [0.1, 0.15) is 30.5 Å². The molecular weight excluding hydrogens is 849 g/mol. The molecule has 0 aromatic rings. The molecule has 0 aromatic heterocycles. The third-order valence-electron chi connectivity index (χ3n) is 12.6. The number of allylic oxidation sites excluding steroid dienone is 2. The Hall–Kier alpha value is -1.16. The molecule has 386 valence electrons. The van der Waals surface area contributed by atoms with E-state index in [4.69, 9.17) is 18.9 Å². The van der Waals surface area contributed by atoms with Crippen molar-refractivity contribution >= 4 is 16.4 Å². The van der Waals surface area contributed by atoms with Crippen molar-refractivity contribution in [2.24, 2.45) is 0 Å². The number of carbonyl (C=O) groups is 1. The maximum absolute atomic E-state index is 12.9. The molecule has 0 aromatic carbocycles. The monoisotopic (exact) mass is 949 g/mol. The predicted octanol–water partition coefficient (Wildman–Crippen LogP) is 12.6. The fraction of sp³-hybridized carbons (Fsp3) is 0.942. The molecule has 0 radical (unpaired) electrons. The van der Waals surface area contributed by atoms with Crippen LogP contribution < -0.4 is 0 Å². The van der Waals surface area contributed by atoms with Gasteiger partial charge >= 0.3 is 16.4 Å². The summed E-state index contributed by atoms with van der Waals surface area (Å²) in [4.78, 5) is 12.9. The highest BCUT2D eigenvalue weighted by Gasteiger charge is 2.48. The number of carbonyl (C=O) groups excluding carboxylic acids is 1. The first-order valence-corrected chi connectivity index (χ1v) is 28.3. The fourth-order valence-corrected chi connectivity index (χ4v) is 9.06. The highest BCUT2D eigenvalue weighted by molar-refractivity contribution is 7.80. The molecule has 4 N–H and O–H groups in total. The zero-order valence-corrected chi connectivity index (χ0v) is 42.4. The smallest absolute Gasteiger partial charge is 0.397 e. The number of ether oxygens (including phenoxy) is 4. The van der Waals surface area contributed by atoms with Gasteiger partial charge < -0.3 is 34.3 Å². The van der Waals surface area contributed by atoms with Crippen molar-refractivity contribution < 1.29 is 56.2 Å². The molecule has 1 aliphatic heterocycles. The third kappa shape index (κ3) is 37.4. The van der Waals surface area contributed by atoms with E-state index in [0.717, 1.165) is 38.5 Å². The molecule has 1 heterocycles. The summed E-state index contributed by atoms with van der Waals surface area (Å²) in [5, 5.41) is 30.8. The van der Waals surface area contributed by atoms with E-state index in [1.54, 1.807) is 0 Å². The summed E-state index contributed by atoms with van der Waals surface area (Å²) in [7, 11) is -5.06. The van der Waals surface area contributed by atoms with E-state index in [1.165, 1.54) is 186 Å². The average molecular weight is 949 g/mol. The summed E-state index contributed by atoms with van der Waals surface area (Å²) in [6.07, 6.45) is 41.1. The highest BCUT2D eigenvalue weighted by atomic mass is 32.3. The third-order valence-corrected chi connectivity index (χ3v) is 13.1. The Morgan fingerprint density at radius 1 is 0.569 bits per heavy atom. The second-order valence-corrected chi connectivity index (χ2v) is 19.9. The molecule has 6 unspecified atom stereocenters. The molecule has 1 aliphatic rings. The molecule has 0 spiro atoms. The molecule has 1 saturated heterocycles. The van der Waals surface area contributed by atoms with E-state index in [0.29, 0.717) is 13.0 Å². The van der Waals surface area contributed by atoms with Crippen LogP contribution in [-0.4, -0.2) is 97.5 Å². The van der Waals surface area contributed by atoms with Gasteiger partial charge in [-0.3, -0.25) is 9.35 Å². The molecule has 0 bridgehead atoms. The van der Waals surface area contributed by atoms with Crippen LogP contribution in [0.15, 0.2) is 12.2 Å². The molecular formula is C52H100O12S. The van der Waals surface area contributed by atoms with Gasteiger partial charge in [-0.15, -0.1) is 0 Å². The van der Waals surface area contributed by atoms with Gasteiger partial charge in [-0.05, 0) is 38.5 Å². The molecule has 1 fully saturated rings. The van der Waals surface area contributed by atoms with Crippen LogP contribution in [0.5, 0.6) is 0 Å². The fourth-order valence-electron chi connectivity index (χ4n) is 8.55. The maximum Gasteiger partial charge on any atom is 0.397 e. The lowest BCUT2D eigenvalue weighted by Gasteiger charge is -2.41. The largest absolute Gasteiger partial charge is 0.457 e. The summed E-state index contributed by atoms with van der Waals surface area (Å²) in [6.45, 7) is 4.04. The quantitative estimate of drug-likeness (QED) is 0.0197. The Bertz CT molecular complexity index is 1190.